The van der Waals surface area contributed by atoms with Gasteiger partial charge in [0.25, 0.3) is 5.91 Å². The normalized spacial score (nSPS) is 14.3. The summed E-state index contributed by atoms with van der Waals surface area (Å²) in [5.41, 5.74) is 4.37. The van der Waals surface area contributed by atoms with E-state index >= 15 is 0 Å². The van der Waals surface area contributed by atoms with E-state index < -0.39 is 0 Å². The summed E-state index contributed by atoms with van der Waals surface area (Å²) >= 11 is 0. The lowest BCUT2D eigenvalue weighted by atomic mass is 10.1. The number of carbonyl (C=O) groups is 1. The van der Waals surface area contributed by atoms with Gasteiger partial charge in [-0.05, 0) is 42.7 Å². The summed E-state index contributed by atoms with van der Waals surface area (Å²) in [6.07, 6.45) is 1.08. The van der Waals surface area contributed by atoms with Crippen molar-refractivity contribution in [1.29, 1.82) is 0 Å². The number of hydrogen-bond acceptors (Lipinski definition) is 3. The Bertz CT molecular complexity index is 714. The highest BCUT2D eigenvalue weighted by atomic mass is 16.5. The number of methoxy groups -OCH3 is 1. The number of nitrogens with one attached hydrogen (secondary N) is 1. The average molecular weight is 324 g/mol. The van der Waals surface area contributed by atoms with E-state index in [1.165, 1.54) is 11.3 Å². The van der Waals surface area contributed by atoms with Crippen LogP contribution < -0.4 is 10.2 Å². The third-order valence-corrected chi connectivity index (χ3v) is 4.51. The van der Waals surface area contributed by atoms with Crippen molar-refractivity contribution < 1.29 is 9.53 Å². The van der Waals surface area contributed by atoms with Crippen LogP contribution in [0.3, 0.4) is 0 Å². The molecule has 24 heavy (non-hydrogen) atoms. The fourth-order valence-corrected chi connectivity index (χ4v) is 3.24. The zero-order valence-electron chi connectivity index (χ0n) is 14.3. The van der Waals surface area contributed by atoms with Crippen LogP contribution in [0.15, 0.2) is 48.5 Å². The molecule has 0 aliphatic carbocycles. The zero-order chi connectivity index (χ0) is 16.9. The number of anilines is 1. The molecule has 2 aromatic carbocycles. The number of nitrogens with zero attached hydrogens (tertiary/aromatic N) is 1. The van der Waals surface area contributed by atoms with E-state index in [1.807, 2.05) is 24.3 Å². The van der Waals surface area contributed by atoms with Crippen LogP contribution >= 0.6 is 0 Å². The van der Waals surface area contributed by atoms with Crippen LogP contribution in [0.5, 0.6) is 0 Å². The second-order valence-corrected chi connectivity index (χ2v) is 6.26. The summed E-state index contributed by atoms with van der Waals surface area (Å²) in [5.74, 6) is -0.0349. The molecule has 2 aromatic rings. The highest BCUT2D eigenvalue weighted by Gasteiger charge is 2.23. The molecule has 0 bridgehead atoms. The highest BCUT2D eigenvalue weighted by molar-refractivity contribution is 5.94. The van der Waals surface area contributed by atoms with Crippen molar-refractivity contribution in [3.63, 3.8) is 0 Å². The van der Waals surface area contributed by atoms with Gasteiger partial charge >= 0.3 is 0 Å². The Morgan fingerprint density at radius 2 is 2.08 bits per heavy atom. The van der Waals surface area contributed by atoms with Gasteiger partial charge in [-0.1, -0.05) is 30.3 Å². The van der Waals surface area contributed by atoms with E-state index in [2.05, 4.69) is 41.4 Å². The maximum atomic E-state index is 12.4. The lowest BCUT2D eigenvalue weighted by Crippen LogP contribution is -2.41. The van der Waals surface area contributed by atoms with E-state index in [4.69, 9.17) is 4.74 Å². The molecular weight excluding hydrogens is 300 g/mol. The highest BCUT2D eigenvalue weighted by Crippen LogP contribution is 2.28. The molecule has 4 heteroatoms. The van der Waals surface area contributed by atoms with Gasteiger partial charge in [0.15, 0.2) is 0 Å². The number of amides is 1. The minimum Gasteiger partial charge on any atom is -0.380 e. The standard InChI is InChI=1S/C20H24N2O2/c1-15(22-11-10-17-7-3-4-9-19(17)22)13-21-20(23)18-8-5-6-16(12-18)14-24-2/h3-9,12,15H,10-11,13-14H2,1-2H3,(H,21,23)/t15-/m1/s1. The smallest absolute Gasteiger partial charge is 0.251 e. The summed E-state index contributed by atoms with van der Waals surface area (Å²) in [6, 6.07) is 16.3. The number of rotatable bonds is 6. The Morgan fingerprint density at radius 3 is 2.92 bits per heavy atom. The third-order valence-electron chi connectivity index (χ3n) is 4.51. The molecule has 0 radical (unpaired) electrons. The summed E-state index contributed by atoms with van der Waals surface area (Å²) in [4.78, 5) is 14.8. The van der Waals surface area contributed by atoms with Gasteiger partial charge in [-0.15, -0.1) is 0 Å². The van der Waals surface area contributed by atoms with E-state index in [0.717, 1.165) is 18.5 Å². The molecule has 1 heterocycles. The second kappa shape index (κ2) is 7.49. The molecule has 1 N–H and O–H groups in total. The van der Waals surface area contributed by atoms with Crippen LogP contribution in [-0.2, 0) is 17.8 Å². The van der Waals surface area contributed by atoms with Gasteiger partial charge in [0.1, 0.15) is 0 Å². The summed E-state index contributed by atoms with van der Waals surface area (Å²) < 4.78 is 5.12. The van der Waals surface area contributed by atoms with Crippen LogP contribution in [0.2, 0.25) is 0 Å². The minimum absolute atomic E-state index is 0.0349. The van der Waals surface area contributed by atoms with Gasteiger partial charge in [0, 0.05) is 37.5 Å². The SMILES string of the molecule is COCc1cccc(C(=O)NC[C@@H](C)N2CCc3ccccc32)c1. The second-order valence-electron chi connectivity index (χ2n) is 6.26. The van der Waals surface area contributed by atoms with Crippen molar-refractivity contribution in [2.24, 2.45) is 0 Å². The van der Waals surface area contributed by atoms with E-state index in [1.54, 1.807) is 7.11 Å². The molecule has 3 rings (SSSR count). The molecule has 0 spiro atoms. The first kappa shape index (κ1) is 16.5. The molecule has 0 aromatic heterocycles. The molecule has 0 unspecified atom stereocenters. The zero-order valence-corrected chi connectivity index (χ0v) is 14.3. The average Bonchev–Trinajstić information content (AvgIpc) is 3.04. The van der Waals surface area contributed by atoms with Crippen molar-refractivity contribution in [2.75, 3.05) is 25.1 Å². The van der Waals surface area contributed by atoms with Crippen molar-refractivity contribution >= 4 is 11.6 Å². The third kappa shape index (κ3) is 3.60. The van der Waals surface area contributed by atoms with Crippen LogP contribution in [0.4, 0.5) is 5.69 Å². The van der Waals surface area contributed by atoms with Crippen molar-refractivity contribution in [2.45, 2.75) is 26.0 Å². The van der Waals surface area contributed by atoms with Gasteiger partial charge in [0.2, 0.25) is 0 Å². The van der Waals surface area contributed by atoms with Gasteiger partial charge in [0.05, 0.1) is 6.61 Å². The van der Waals surface area contributed by atoms with Gasteiger partial charge < -0.3 is 15.0 Å². The fourth-order valence-electron chi connectivity index (χ4n) is 3.24. The number of carbonyl (C=O) groups excluding carboxylic acids is 1. The maximum Gasteiger partial charge on any atom is 0.251 e. The van der Waals surface area contributed by atoms with Crippen LogP contribution in [-0.4, -0.2) is 32.1 Å². The largest absolute Gasteiger partial charge is 0.380 e. The van der Waals surface area contributed by atoms with E-state index in [0.29, 0.717) is 18.7 Å². The molecule has 0 saturated carbocycles. The van der Waals surface area contributed by atoms with E-state index in [-0.39, 0.29) is 11.9 Å². The number of benzene rings is 2. The Morgan fingerprint density at radius 1 is 1.25 bits per heavy atom. The fraction of sp³-hybridized carbons (Fsp3) is 0.350. The first-order valence-corrected chi connectivity index (χ1v) is 8.39. The van der Waals surface area contributed by atoms with Gasteiger partial charge in [-0.3, -0.25) is 4.79 Å². The van der Waals surface area contributed by atoms with Crippen LogP contribution in [0.1, 0.15) is 28.4 Å². The first-order valence-electron chi connectivity index (χ1n) is 8.39. The number of hydrogen-bond donors (Lipinski definition) is 1. The molecule has 1 aliphatic heterocycles. The lowest BCUT2D eigenvalue weighted by Gasteiger charge is -2.27. The van der Waals surface area contributed by atoms with Crippen LogP contribution in [0.25, 0.3) is 0 Å². The lowest BCUT2D eigenvalue weighted by molar-refractivity contribution is 0.0951. The Balaban J connectivity index is 1.59. The molecule has 0 saturated heterocycles. The number of para-hydroxylation sites is 1. The molecule has 126 valence electrons. The maximum absolute atomic E-state index is 12.4. The number of fused-ring (bicyclic) bond motifs is 1. The monoisotopic (exact) mass is 324 g/mol. The predicted octanol–water partition coefficient (Wildman–Crippen LogP) is 3.01. The first-order chi connectivity index (χ1) is 11.7. The quantitative estimate of drug-likeness (QED) is 0.888. The molecule has 0 fully saturated rings. The van der Waals surface area contributed by atoms with Crippen LogP contribution in [0, 0.1) is 0 Å². The van der Waals surface area contributed by atoms with Crippen molar-refractivity contribution in [3.05, 3.63) is 65.2 Å². The van der Waals surface area contributed by atoms with Gasteiger partial charge in [-0.25, -0.2) is 0 Å². The van der Waals surface area contributed by atoms with Gasteiger partial charge in [-0.2, -0.15) is 0 Å². The Labute approximate surface area is 143 Å². The number of ether oxygens (including phenoxy) is 1. The molecule has 1 aliphatic rings. The molecule has 1 atom stereocenters. The summed E-state index contributed by atoms with van der Waals surface area (Å²) in [7, 11) is 1.66. The molecule has 4 nitrogen and oxygen atoms in total. The van der Waals surface area contributed by atoms with E-state index in [9.17, 15) is 4.79 Å². The molecular formula is C20H24N2O2. The molecule has 1 amide bonds. The minimum atomic E-state index is -0.0349. The predicted molar refractivity (Wildman–Crippen MR) is 96.4 cm³/mol. The Hall–Kier alpha value is -2.33. The topological polar surface area (TPSA) is 41.6 Å². The van der Waals surface area contributed by atoms with Crippen molar-refractivity contribution in [1.82, 2.24) is 5.32 Å². The summed E-state index contributed by atoms with van der Waals surface area (Å²) in [6.45, 7) is 4.31. The van der Waals surface area contributed by atoms with Crippen molar-refractivity contribution in [3.8, 4) is 0 Å². The summed E-state index contributed by atoms with van der Waals surface area (Å²) in [5, 5.41) is 3.05. The Kier molecular flexibility index (Phi) is 5.16.